The summed E-state index contributed by atoms with van der Waals surface area (Å²) < 4.78 is 5.36. The lowest BCUT2D eigenvalue weighted by Crippen LogP contribution is -2.44. The van der Waals surface area contributed by atoms with Gasteiger partial charge in [0.05, 0.1) is 19.8 Å². The first-order valence-corrected chi connectivity index (χ1v) is 8.89. The Hall–Kier alpha value is -1.89. The number of ether oxygens (including phenoxy) is 1. The molecule has 1 aromatic heterocycles. The second kappa shape index (κ2) is 7.99. The molecule has 1 saturated heterocycles. The lowest BCUT2D eigenvalue weighted by molar-refractivity contribution is 0.0314. The van der Waals surface area contributed by atoms with Crippen LogP contribution in [0.4, 0.5) is 0 Å². The number of aliphatic hydroxyl groups is 1. The minimum absolute atomic E-state index is 0.0345. The molecule has 1 fully saturated rings. The van der Waals surface area contributed by atoms with E-state index in [1.165, 1.54) is 5.56 Å². The van der Waals surface area contributed by atoms with E-state index in [4.69, 9.17) is 4.74 Å². The average molecular weight is 345 g/mol. The molecule has 0 saturated carbocycles. The normalized spacial score (nSPS) is 15.6. The summed E-state index contributed by atoms with van der Waals surface area (Å²) in [5.41, 5.74) is 3.74. The number of rotatable bonds is 6. The molecule has 0 spiro atoms. The highest BCUT2D eigenvalue weighted by atomic mass is 16.5. The van der Waals surface area contributed by atoms with Crippen molar-refractivity contribution in [2.45, 2.75) is 13.8 Å². The summed E-state index contributed by atoms with van der Waals surface area (Å²) in [4.78, 5) is 20.3. The van der Waals surface area contributed by atoms with Crippen molar-refractivity contribution in [1.29, 1.82) is 0 Å². The SMILES string of the molecule is Cc1ccc2[nH]c(C(=O)N(CCO)CCN3CCOCC3)c(C)c2c1. The summed E-state index contributed by atoms with van der Waals surface area (Å²) in [5, 5.41) is 10.5. The quantitative estimate of drug-likeness (QED) is 0.834. The number of aromatic nitrogens is 1. The van der Waals surface area contributed by atoms with Crippen LogP contribution in [0.5, 0.6) is 0 Å². The Labute approximate surface area is 148 Å². The zero-order chi connectivity index (χ0) is 17.8. The van der Waals surface area contributed by atoms with Gasteiger partial charge in [0.25, 0.3) is 5.91 Å². The zero-order valence-electron chi connectivity index (χ0n) is 15.0. The Bertz CT molecular complexity index is 735. The minimum Gasteiger partial charge on any atom is -0.395 e. The van der Waals surface area contributed by atoms with E-state index in [9.17, 15) is 9.90 Å². The van der Waals surface area contributed by atoms with Crippen molar-refractivity contribution in [2.75, 3.05) is 52.5 Å². The first kappa shape index (κ1) is 17.9. The van der Waals surface area contributed by atoms with Crippen molar-refractivity contribution < 1.29 is 14.6 Å². The fraction of sp³-hybridized carbons (Fsp3) is 0.526. The predicted molar refractivity (Wildman–Crippen MR) is 98.0 cm³/mol. The summed E-state index contributed by atoms with van der Waals surface area (Å²) in [5.74, 6) is -0.0475. The Morgan fingerprint density at radius 1 is 1.28 bits per heavy atom. The van der Waals surface area contributed by atoms with E-state index in [1.54, 1.807) is 4.90 Å². The largest absolute Gasteiger partial charge is 0.395 e. The van der Waals surface area contributed by atoms with Gasteiger partial charge in [0, 0.05) is 43.6 Å². The monoisotopic (exact) mass is 345 g/mol. The topological polar surface area (TPSA) is 68.8 Å². The standard InChI is InChI=1S/C19H27N3O3/c1-14-3-4-17-16(13-14)15(2)18(20-17)19(24)22(7-10-23)6-5-21-8-11-25-12-9-21/h3-4,13,20,23H,5-12H2,1-2H3. The Balaban J connectivity index is 1.76. The third-order valence-corrected chi connectivity index (χ3v) is 4.87. The number of aromatic amines is 1. The highest BCUT2D eigenvalue weighted by molar-refractivity contribution is 6.01. The van der Waals surface area contributed by atoms with E-state index < -0.39 is 0 Å². The number of nitrogens with one attached hydrogen (secondary N) is 1. The Morgan fingerprint density at radius 3 is 2.76 bits per heavy atom. The molecule has 25 heavy (non-hydrogen) atoms. The van der Waals surface area contributed by atoms with Crippen molar-refractivity contribution in [3.05, 3.63) is 35.0 Å². The van der Waals surface area contributed by atoms with Crippen LogP contribution < -0.4 is 0 Å². The number of amides is 1. The van der Waals surface area contributed by atoms with Crippen LogP contribution in [0.3, 0.4) is 0 Å². The third kappa shape index (κ3) is 4.03. The number of nitrogens with zero attached hydrogens (tertiary/aromatic N) is 2. The van der Waals surface area contributed by atoms with Crippen molar-refractivity contribution in [3.8, 4) is 0 Å². The molecule has 0 radical (unpaired) electrons. The summed E-state index contributed by atoms with van der Waals surface area (Å²) >= 11 is 0. The zero-order valence-corrected chi connectivity index (χ0v) is 15.0. The average Bonchev–Trinajstić information content (AvgIpc) is 2.95. The number of aliphatic hydroxyl groups excluding tert-OH is 1. The molecule has 2 aromatic rings. The number of carbonyl (C=O) groups is 1. The van der Waals surface area contributed by atoms with Crippen LogP contribution in [0.25, 0.3) is 10.9 Å². The number of carbonyl (C=O) groups excluding carboxylic acids is 1. The summed E-state index contributed by atoms with van der Waals surface area (Å²) in [7, 11) is 0. The lowest BCUT2D eigenvalue weighted by Gasteiger charge is -2.29. The van der Waals surface area contributed by atoms with Crippen molar-refractivity contribution in [1.82, 2.24) is 14.8 Å². The number of H-pyrrole nitrogens is 1. The predicted octanol–water partition coefficient (Wildman–Crippen LogP) is 1.55. The smallest absolute Gasteiger partial charge is 0.270 e. The van der Waals surface area contributed by atoms with Gasteiger partial charge in [-0.25, -0.2) is 0 Å². The second-order valence-corrected chi connectivity index (χ2v) is 6.64. The second-order valence-electron chi connectivity index (χ2n) is 6.64. The van der Waals surface area contributed by atoms with E-state index in [2.05, 4.69) is 16.0 Å². The van der Waals surface area contributed by atoms with Gasteiger partial charge in [-0.3, -0.25) is 9.69 Å². The summed E-state index contributed by atoms with van der Waals surface area (Å²) in [6.07, 6.45) is 0. The van der Waals surface area contributed by atoms with Crippen LogP contribution in [0, 0.1) is 13.8 Å². The maximum Gasteiger partial charge on any atom is 0.270 e. The Morgan fingerprint density at radius 2 is 2.04 bits per heavy atom. The molecule has 1 amide bonds. The number of fused-ring (bicyclic) bond motifs is 1. The van der Waals surface area contributed by atoms with Gasteiger partial charge in [0.15, 0.2) is 0 Å². The molecule has 1 aliphatic heterocycles. The van der Waals surface area contributed by atoms with Crippen LogP contribution in [-0.4, -0.2) is 78.3 Å². The molecule has 0 bridgehead atoms. The number of hydrogen-bond donors (Lipinski definition) is 2. The molecule has 6 nitrogen and oxygen atoms in total. The van der Waals surface area contributed by atoms with Crippen molar-refractivity contribution in [3.63, 3.8) is 0 Å². The molecule has 0 atom stereocenters. The molecule has 1 aliphatic rings. The van der Waals surface area contributed by atoms with Gasteiger partial charge < -0.3 is 19.7 Å². The third-order valence-electron chi connectivity index (χ3n) is 4.87. The van der Waals surface area contributed by atoms with Gasteiger partial charge in [-0.2, -0.15) is 0 Å². The molecule has 1 aromatic carbocycles. The number of aryl methyl sites for hydroxylation is 2. The molecular weight excluding hydrogens is 318 g/mol. The molecule has 2 heterocycles. The lowest BCUT2D eigenvalue weighted by atomic mass is 10.1. The van der Waals surface area contributed by atoms with Gasteiger partial charge >= 0.3 is 0 Å². The summed E-state index contributed by atoms with van der Waals surface area (Å²) in [6, 6.07) is 6.15. The number of hydrogen-bond acceptors (Lipinski definition) is 4. The highest BCUT2D eigenvalue weighted by Crippen LogP contribution is 2.23. The molecular formula is C19H27N3O3. The van der Waals surface area contributed by atoms with Crippen LogP contribution in [-0.2, 0) is 4.74 Å². The van der Waals surface area contributed by atoms with Crippen LogP contribution >= 0.6 is 0 Å². The molecule has 0 aliphatic carbocycles. The van der Waals surface area contributed by atoms with Crippen LogP contribution in [0.2, 0.25) is 0 Å². The highest BCUT2D eigenvalue weighted by Gasteiger charge is 2.22. The van der Waals surface area contributed by atoms with Crippen molar-refractivity contribution in [2.24, 2.45) is 0 Å². The minimum atomic E-state index is -0.0475. The number of benzene rings is 1. The fourth-order valence-corrected chi connectivity index (χ4v) is 3.33. The van der Waals surface area contributed by atoms with E-state index in [1.807, 2.05) is 26.0 Å². The van der Waals surface area contributed by atoms with E-state index in [0.29, 0.717) is 18.8 Å². The first-order valence-electron chi connectivity index (χ1n) is 8.89. The molecule has 6 heteroatoms. The molecule has 3 rings (SSSR count). The summed E-state index contributed by atoms with van der Waals surface area (Å²) in [6.45, 7) is 9.02. The van der Waals surface area contributed by atoms with E-state index in [-0.39, 0.29) is 12.5 Å². The Kier molecular flexibility index (Phi) is 5.73. The van der Waals surface area contributed by atoms with E-state index >= 15 is 0 Å². The molecule has 0 unspecified atom stereocenters. The van der Waals surface area contributed by atoms with Crippen LogP contribution in [0.15, 0.2) is 18.2 Å². The van der Waals surface area contributed by atoms with E-state index in [0.717, 1.165) is 49.3 Å². The maximum atomic E-state index is 13.0. The van der Waals surface area contributed by atoms with Gasteiger partial charge in [-0.05, 0) is 31.5 Å². The number of morpholine rings is 1. The van der Waals surface area contributed by atoms with Gasteiger partial charge in [-0.15, -0.1) is 0 Å². The van der Waals surface area contributed by atoms with Gasteiger partial charge in [-0.1, -0.05) is 11.6 Å². The molecule has 2 N–H and O–H groups in total. The van der Waals surface area contributed by atoms with Gasteiger partial charge in [0.2, 0.25) is 0 Å². The van der Waals surface area contributed by atoms with Gasteiger partial charge in [0.1, 0.15) is 5.69 Å². The fourth-order valence-electron chi connectivity index (χ4n) is 3.33. The first-order chi connectivity index (χ1) is 12.1. The van der Waals surface area contributed by atoms with Crippen molar-refractivity contribution >= 4 is 16.8 Å². The maximum absolute atomic E-state index is 13.0. The van der Waals surface area contributed by atoms with Crippen LogP contribution in [0.1, 0.15) is 21.6 Å². The molecule has 136 valence electrons.